The minimum atomic E-state index is -0.111. The largest absolute Gasteiger partial charge is 0.396 e. The van der Waals surface area contributed by atoms with Gasteiger partial charge >= 0.3 is 0 Å². The Balaban J connectivity index is 3.72. The van der Waals surface area contributed by atoms with E-state index >= 15 is 0 Å². The smallest absolute Gasteiger partial charge is 0.220 e. The van der Waals surface area contributed by atoms with Crippen LogP contribution in [0.15, 0.2) is 0 Å². The van der Waals surface area contributed by atoms with E-state index < -0.39 is 0 Å². The van der Waals surface area contributed by atoms with Crippen LogP contribution >= 0.6 is 0 Å². The number of Topliss-reactive ketones (excluding diaryl/α,β-unsaturated/α-hetero) is 1. The molecule has 0 aromatic carbocycles. The summed E-state index contributed by atoms with van der Waals surface area (Å²) in [4.78, 5) is 21.9. The van der Waals surface area contributed by atoms with Gasteiger partial charge in [0.05, 0.1) is 0 Å². The summed E-state index contributed by atoms with van der Waals surface area (Å²) in [5.41, 5.74) is 0. The van der Waals surface area contributed by atoms with Crippen LogP contribution in [-0.2, 0) is 9.59 Å². The first-order valence-electron chi connectivity index (χ1n) is 4.99. The van der Waals surface area contributed by atoms with Gasteiger partial charge in [0.15, 0.2) is 0 Å². The van der Waals surface area contributed by atoms with Crippen molar-refractivity contribution in [1.29, 1.82) is 0 Å². The zero-order chi connectivity index (χ0) is 11.0. The Bertz CT molecular complexity index is 192. The average Bonchev–Trinajstić information content (AvgIpc) is 2.14. The number of hydrogen-bond donors (Lipinski definition) is 2. The standard InChI is InChI=1S/C10H19NO3/c1-3-9(6-7-12)11-10(14)5-4-8(2)13/h9,12H,3-7H2,1-2H3,(H,11,14). The van der Waals surface area contributed by atoms with Gasteiger partial charge in [-0.15, -0.1) is 0 Å². The molecule has 4 heteroatoms. The van der Waals surface area contributed by atoms with Crippen molar-refractivity contribution in [1.82, 2.24) is 5.32 Å². The van der Waals surface area contributed by atoms with Crippen LogP contribution in [0.5, 0.6) is 0 Å². The van der Waals surface area contributed by atoms with E-state index in [9.17, 15) is 9.59 Å². The molecule has 0 fully saturated rings. The number of rotatable bonds is 7. The molecule has 0 aromatic heterocycles. The van der Waals surface area contributed by atoms with Crippen LogP contribution in [0.3, 0.4) is 0 Å². The third-order valence-electron chi connectivity index (χ3n) is 2.04. The van der Waals surface area contributed by atoms with Gasteiger partial charge in [0.25, 0.3) is 0 Å². The van der Waals surface area contributed by atoms with Gasteiger partial charge in [-0.1, -0.05) is 6.92 Å². The summed E-state index contributed by atoms with van der Waals surface area (Å²) < 4.78 is 0. The molecular formula is C10H19NO3. The molecule has 0 saturated heterocycles. The Morgan fingerprint density at radius 2 is 2.00 bits per heavy atom. The van der Waals surface area contributed by atoms with Crippen LogP contribution in [0.25, 0.3) is 0 Å². The molecule has 0 saturated carbocycles. The lowest BCUT2D eigenvalue weighted by Gasteiger charge is -2.15. The van der Waals surface area contributed by atoms with Crippen molar-refractivity contribution in [3.8, 4) is 0 Å². The number of ketones is 1. The van der Waals surface area contributed by atoms with Crippen molar-refractivity contribution < 1.29 is 14.7 Å². The molecule has 2 N–H and O–H groups in total. The van der Waals surface area contributed by atoms with E-state index in [1.54, 1.807) is 0 Å². The third kappa shape index (κ3) is 6.60. The molecule has 0 aliphatic rings. The molecule has 14 heavy (non-hydrogen) atoms. The highest BCUT2D eigenvalue weighted by Crippen LogP contribution is 1.98. The van der Waals surface area contributed by atoms with Gasteiger partial charge in [-0.05, 0) is 19.8 Å². The van der Waals surface area contributed by atoms with E-state index in [1.165, 1.54) is 6.92 Å². The second kappa shape index (κ2) is 7.50. The van der Waals surface area contributed by atoms with E-state index in [0.717, 1.165) is 6.42 Å². The zero-order valence-electron chi connectivity index (χ0n) is 8.88. The molecule has 0 rings (SSSR count). The molecule has 1 amide bonds. The van der Waals surface area contributed by atoms with Crippen molar-refractivity contribution in [3.63, 3.8) is 0 Å². The maximum atomic E-state index is 11.2. The van der Waals surface area contributed by atoms with Crippen molar-refractivity contribution in [3.05, 3.63) is 0 Å². The zero-order valence-corrected chi connectivity index (χ0v) is 8.88. The normalized spacial score (nSPS) is 12.2. The maximum Gasteiger partial charge on any atom is 0.220 e. The predicted octanol–water partition coefficient (Wildman–Crippen LogP) is 0.633. The van der Waals surface area contributed by atoms with Gasteiger partial charge in [-0.3, -0.25) is 4.79 Å². The lowest BCUT2D eigenvalue weighted by molar-refractivity contribution is -0.125. The van der Waals surface area contributed by atoms with E-state index in [4.69, 9.17) is 5.11 Å². The van der Waals surface area contributed by atoms with Crippen LogP contribution in [-0.4, -0.2) is 29.4 Å². The van der Waals surface area contributed by atoms with Gasteiger partial charge in [0.2, 0.25) is 5.91 Å². The van der Waals surface area contributed by atoms with Crippen LogP contribution in [0, 0.1) is 0 Å². The summed E-state index contributed by atoms with van der Waals surface area (Å²) in [6, 6.07) is 0.0273. The number of carbonyl (C=O) groups is 2. The van der Waals surface area contributed by atoms with Crippen LogP contribution in [0.1, 0.15) is 39.5 Å². The predicted molar refractivity (Wildman–Crippen MR) is 53.8 cm³/mol. The molecule has 0 bridgehead atoms. The molecule has 0 aromatic rings. The van der Waals surface area contributed by atoms with E-state index in [2.05, 4.69) is 5.32 Å². The van der Waals surface area contributed by atoms with Gasteiger partial charge < -0.3 is 15.2 Å². The highest BCUT2D eigenvalue weighted by molar-refractivity contribution is 5.83. The Labute approximate surface area is 84.7 Å². The molecule has 82 valence electrons. The molecule has 0 aliphatic heterocycles. The fourth-order valence-electron chi connectivity index (χ4n) is 1.12. The van der Waals surface area contributed by atoms with Crippen LogP contribution < -0.4 is 5.32 Å². The molecule has 0 spiro atoms. The second-order valence-electron chi connectivity index (χ2n) is 3.39. The van der Waals surface area contributed by atoms with Crippen LogP contribution in [0.4, 0.5) is 0 Å². The SMILES string of the molecule is CCC(CCO)NC(=O)CCC(C)=O. The van der Waals surface area contributed by atoms with E-state index in [0.29, 0.717) is 12.8 Å². The maximum absolute atomic E-state index is 11.2. The summed E-state index contributed by atoms with van der Waals surface area (Å²) in [6.07, 6.45) is 1.91. The Hall–Kier alpha value is -0.900. The van der Waals surface area contributed by atoms with Crippen molar-refractivity contribution in [2.24, 2.45) is 0 Å². The minimum absolute atomic E-state index is 0.0235. The number of nitrogens with one attached hydrogen (secondary N) is 1. The average molecular weight is 201 g/mol. The molecule has 0 radical (unpaired) electrons. The third-order valence-corrected chi connectivity index (χ3v) is 2.04. The fourth-order valence-corrected chi connectivity index (χ4v) is 1.12. The lowest BCUT2D eigenvalue weighted by Crippen LogP contribution is -2.35. The summed E-state index contributed by atoms with van der Waals surface area (Å²) >= 11 is 0. The van der Waals surface area contributed by atoms with Crippen molar-refractivity contribution in [2.45, 2.75) is 45.6 Å². The van der Waals surface area contributed by atoms with E-state index in [-0.39, 0.29) is 30.8 Å². The first kappa shape index (κ1) is 13.1. The summed E-state index contributed by atoms with van der Waals surface area (Å²) in [5, 5.41) is 11.5. The van der Waals surface area contributed by atoms with Gasteiger partial charge in [-0.2, -0.15) is 0 Å². The van der Waals surface area contributed by atoms with Gasteiger partial charge in [-0.25, -0.2) is 0 Å². The Kier molecular flexibility index (Phi) is 7.02. The van der Waals surface area contributed by atoms with Crippen molar-refractivity contribution >= 4 is 11.7 Å². The number of aliphatic hydroxyl groups is 1. The molecule has 4 nitrogen and oxygen atoms in total. The number of aliphatic hydroxyl groups excluding tert-OH is 1. The number of carbonyl (C=O) groups excluding carboxylic acids is 2. The molecule has 0 aliphatic carbocycles. The minimum Gasteiger partial charge on any atom is -0.396 e. The Morgan fingerprint density at radius 1 is 1.36 bits per heavy atom. The fraction of sp³-hybridized carbons (Fsp3) is 0.800. The first-order chi connectivity index (χ1) is 6.60. The topological polar surface area (TPSA) is 66.4 Å². The van der Waals surface area contributed by atoms with Gasteiger partial charge in [0.1, 0.15) is 5.78 Å². The number of hydrogen-bond acceptors (Lipinski definition) is 3. The monoisotopic (exact) mass is 201 g/mol. The van der Waals surface area contributed by atoms with E-state index in [1.807, 2.05) is 6.92 Å². The van der Waals surface area contributed by atoms with Gasteiger partial charge in [0, 0.05) is 25.5 Å². The lowest BCUT2D eigenvalue weighted by atomic mass is 10.1. The quantitative estimate of drug-likeness (QED) is 0.635. The second-order valence-corrected chi connectivity index (χ2v) is 3.39. The van der Waals surface area contributed by atoms with Crippen molar-refractivity contribution in [2.75, 3.05) is 6.61 Å². The van der Waals surface area contributed by atoms with Crippen LogP contribution in [0.2, 0.25) is 0 Å². The first-order valence-corrected chi connectivity index (χ1v) is 4.99. The highest BCUT2D eigenvalue weighted by Gasteiger charge is 2.09. The highest BCUT2D eigenvalue weighted by atomic mass is 16.3. The molecule has 1 atom stereocenters. The number of amides is 1. The summed E-state index contributed by atoms with van der Waals surface area (Å²) in [5.74, 6) is -0.0872. The molecule has 1 unspecified atom stereocenters. The summed E-state index contributed by atoms with van der Waals surface area (Å²) in [7, 11) is 0. The molecule has 0 heterocycles. The summed E-state index contributed by atoms with van der Waals surface area (Å²) in [6.45, 7) is 3.50. The molecular weight excluding hydrogens is 182 g/mol. The Morgan fingerprint density at radius 3 is 2.43 bits per heavy atom.